The number of hydrogen-bond donors (Lipinski definition) is 2. The summed E-state index contributed by atoms with van der Waals surface area (Å²) in [4.78, 5) is 25.5. The number of amides is 2. The van der Waals surface area contributed by atoms with Crippen LogP contribution in [0.3, 0.4) is 0 Å². The van der Waals surface area contributed by atoms with Crippen LogP contribution < -0.4 is 20.1 Å². The second-order valence-electron chi connectivity index (χ2n) is 7.65. The molecule has 0 fully saturated rings. The first-order chi connectivity index (χ1) is 14.8. The molecule has 0 aliphatic heterocycles. The molecule has 31 heavy (non-hydrogen) atoms. The van der Waals surface area contributed by atoms with Crippen LogP contribution in [0.25, 0.3) is 0 Å². The van der Waals surface area contributed by atoms with Gasteiger partial charge in [-0.15, -0.1) is 11.3 Å². The van der Waals surface area contributed by atoms with Gasteiger partial charge in [0.15, 0.2) is 11.5 Å². The Kier molecular flexibility index (Phi) is 6.97. The van der Waals surface area contributed by atoms with Gasteiger partial charge in [0.05, 0.1) is 19.1 Å². The van der Waals surface area contributed by atoms with Gasteiger partial charge < -0.3 is 20.1 Å². The topological polar surface area (TPSA) is 76.7 Å². The minimum absolute atomic E-state index is 0.0677. The number of carbonyl (C=O) groups excluding carboxylic acids is 2. The molecule has 0 bridgehead atoms. The fourth-order valence-corrected chi connectivity index (χ4v) is 3.72. The van der Waals surface area contributed by atoms with Crippen LogP contribution in [-0.2, 0) is 5.41 Å². The van der Waals surface area contributed by atoms with Crippen LogP contribution in [-0.4, -0.2) is 32.6 Å². The molecule has 3 aromatic rings. The summed E-state index contributed by atoms with van der Waals surface area (Å²) in [5, 5.41) is 7.77. The lowest BCUT2D eigenvalue weighted by Crippen LogP contribution is -2.36. The molecule has 0 unspecified atom stereocenters. The number of rotatable bonds is 8. The minimum Gasteiger partial charge on any atom is -0.493 e. The Morgan fingerprint density at radius 3 is 2.26 bits per heavy atom. The van der Waals surface area contributed by atoms with Crippen LogP contribution in [0.2, 0.25) is 0 Å². The molecular weight excluding hydrogens is 412 g/mol. The lowest BCUT2D eigenvalue weighted by atomic mass is 9.84. The zero-order chi connectivity index (χ0) is 22.4. The van der Waals surface area contributed by atoms with Crippen molar-refractivity contribution in [1.29, 1.82) is 0 Å². The summed E-state index contributed by atoms with van der Waals surface area (Å²) in [6.07, 6.45) is 0. The second kappa shape index (κ2) is 9.66. The summed E-state index contributed by atoms with van der Waals surface area (Å²) < 4.78 is 10.5. The number of ether oxygens (including phenoxy) is 2. The van der Waals surface area contributed by atoms with Gasteiger partial charge in [0.1, 0.15) is 0 Å². The van der Waals surface area contributed by atoms with Gasteiger partial charge in [-0.05, 0) is 47.3 Å². The fourth-order valence-electron chi connectivity index (χ4n) is 3.08. The molecule has 0 saturated carbocycles. The number of anilines is 1. The van der Waals surface area contributed by atoms with Gasteiger partial charge in [-0.2, -0.15) is 0 Å². The highest BCUT2D eigenvalue weighted by molar-refractivity contribution is 7.12. The van der Waals surface area contributed by atoms with Gasteiger partial charge in [0, 0.05) is 23.2 Å². The Hall–Kier alpha value is -3.32. The van der Waals surface area contributed by atoms with Gasteiger partial charge in [0.2, 0.25) is 0 Å². The molecule has 1 heterocycles. The quantitative estimate of drug-likeness (QED) is 0.533. The Bertz CT molecular complexity index is 1040. The Morgan fingerprint density at radius 2 is 1.65 bits per heavy atom. The third-order valence-corrected chi connectivity index (χ3v) is 5.87. The largest absolute Gasteiger partial charge is 0.493 e. The van der Waals surface area contributed by atoms with E-state index in [-0.39, 0.29) is 17.2 Å². The van der Waals surface area contributed by atoms with Crippen LogP contribution in [0.15, 0.2) is 60.0 Å². The highest BCUT2D eigenvalue weighted by atomic mass is 32.1. The molecule has 2 N–H and O–H groups in total. The lowest BCUT2D eigenvalue weighted by Gasteiger charge is -2.26. The molecule has 2 aromatic carbocycles. The highest BCUT2D eigenvalue weighted by Crippen LogP contribution is 2.28. The first-order valence-electron chi connectivity index (χ1n) is 9.79. The summed E-state index contributed by atoms with van der Waals surface area (Å²) in [6, 6.07) is 16.3. The minimum atomic E-state index is -0.265. The first kappa shape index (κ1) is 22.4. The maximum absolute atomic E-state index is 12.6. The van der Waals surface area contributed by atoms with E-state index in [4.69, 9.17) is 9.47 Å². The average molecular weight is 439 g/mol. The predicted octanol–water partition coefficient (Wildman–Crippen LogP) is 4.73. The number of benzene rings is 2. The zero-order valence-corrected chi connectivity index (χ0v) is 18.8. The van der Waals surface area contributed by atoms with E-state index in [1.54, 1.807) is 25.3 Å². The van der Waals surface area contributed by atoms with Gasteiger partial charge >= 0.3 is 0 Å². The van der Waals surface area contributed by atoms with E-state index in [1.165, 1.54) is 18.4 Å². The van der Waals surface area contributed by atoms with E-state index in [1.807, 2.05) is 41.8 Å². The van der Waals surface area contributed by atoms with E-state index in [9.17, 15) is 9.59 Å². The number of thiophene rings is 1. The summed E-state index contributed by atoms with van der Waals surface area (Å²) in [7, 11) is 3.08. The van der Waals surface area contributed by atoms with Crippen LogP contribution in [0.4, 0.5) is 5.69 Å². The number of nitrogens with one attached hydrogen (secondary N) is 2. The van der Waals surface area contributed by atoms with Crippen molar-refractivity contribution in [3.8, 4) is 11.5 Å². The van der Waals surface area contributed by atoms with Crippen molar-refractivity contribution < 1.29 is 19.1 Å². The van der Waals surface area contributed by atoms with Gasteiger partial charge in [-0.3, -0.25) is 9.59 Å². The molecule has 0 aliphatic rings. The predicted molar refractivity (Wildman–Crippen MR) is 124 cm³/mol. The molecule has 7 heteroatoms. The maximum Gasteiger partial charge on any atom is 0.261 e. The van der Waals surface area contributed by atoms with Crippen LogP contribution in [0.5, 0.6) is 11.5 Å². The standard InChI is InChI=1S/C24H26N2O4S/c1-24(2,15-25-23(28)21-6-5-13-31-21)17-8-10-18(11-9-17)26-22(27)16-7-12-19(29-3)20(14-16)30-4/h5-14H,15H2,1-4H3,(H,25,28)(H,26,27). The first-order valence-corrected chi connectivity index (χ1v) is 10.7. The molecule has 162 valence electrons. The lowest BCUT2D eigenvalue weighted by molar-refractivity contribution is 0.0949. The molecule has 3 rings (SSSR count). The molecule has 0 atom stereocenters. The average Bonchev–Trinajstić information content (AvgIpc) is 3.32. The second-order valence-corrected chi connectivity index (χ2v) is 8.59. The normalized spacial score (nSPS) is 11.0. The Balaban J connectivity index is 1.64. The van der Waals surface area contributed by atoms with Crippen molar-refractivity contribution in [2.45, 2.75) is 19.3 Å². The van der Waals surface area contributed by atoms with Crippen LogP contribution in [0, 0.1) is 0 Å². The number of hydrogen-bond acceptors (Lipinski definition) is 5. The summed E-state index contributed by atoms with van der Waals surface area (Å²) in [5.41, 5.74) is 1.95. The fraction of sp³-hybridized carbons (Fsp3) is 0.250. The van der Waals surface area contributed by atoms with E-state index >= 15 is 0 Å². The summed E-state index contributed by atoms with van der Waals surface area (Å²) >= 11 is 1.42. The SMILES string of the molecule is COc1ccc(C(=O)Nc2ccc(C(C)(C)CNC(=O)c3cccs3)cc2)cc1OC. The number of carbonyl (C=O) groups is 2. The van der Waals surface area contributed by atoms with E-state index in [0.717, 1.165) is 5.56 Å². The molecule has 0 aliphatic carbocycles. The van der Waals surface area contributed by atoms with Crippen molar-refractivity contribution >= 4 is 28.8 Å². The molecule has 0 spiro atoms. The monoisotopic (exact) mass is 438 g/mol. The van der Waals surface area contributed by atoms with Crippen LogP contribution >= 0.6 is 11.3 Å². The molecule has 2 amide bonds. The van der Waals surface area contributed by atoms with E-state index in [2.05, 4.69) is 24.5 Å². The summed E-state index contributed by atoms with van der Waals surface area (Å²) in [5.74, 6) is 0.756. The Morgan fingerprint density at radius 1 is 0.935 bits per heavy atom. The van der Waals surface area contributed by atoms with Crippen molar-refractivity contribution in [1.82, 2.24) is 5.32 Å². The van der Waals surface area contributed by atoms with Crippen molar-refractivity contribution in [2.75, 3.05) is 26.1 Å². The third-order valence-electron chi connectivity index (χ3n) is 5.01. The van der Waals surface area contributed by atoms with Crippen molar-refractivity contribution in [2.24, 2.45) is 0 Å². The van der Waals surface area contributed by atoms with Gasteiger partial charge in [-0.1, -0.05) is 32.0 Å². The molecule has 1 aromatic heterocycles. The molecular formula is C24H26N2O4S. The zero-order valence-electron chi connectivity index (χ0n) is 18.0. The summed E-state index contributed by atoms with van der Waals surface area (Å²) in [6.45, 7) is 4.64. The molecule has 6 nitrogen and oxygen atoms in total. The molecule has 0 saturated heterocycles. The van der Waals surface area contributed by atoms with Gasteiger partial charge in [-0.25, -0.2) is 0 Å². The van der Waals surface area contributed by atoms with Crippen molar-refractivity contribution in [3.63, 3.8) is 0 Å². The maximum atomic E-state index is 12.6. The van der Waals surface area contributed by atoms with E-state index in [0.29, 0.717) is 34.2 Å². The van der Waals surface area contributed by atoms with E-state index < -0.39 is 0 Å². The van der Waals surface area contributed by atoms with Gasteiger partial charge in [0.25, 0.3) is 11.8 Å². The van der Waals surface area contributed by atoms with Crippen LogP contribution in [0.1, 0.15) is 39.4 Å². The highest BCUT2D eigenvalue weighted by Gasteiger charge is 2.22. The van der Waals surface area contributed by atoms with Crippen molar-refractivity contribution in [3.05, 3.63) is 76.0 Å². The Labute approximate surface area is 186 Å². The smallest absolute Gasteiger partial charge is 0.261 e. The number of methoxy groups -OCH3 is 2. The third kappa shape index (κ3) is 5.44. The molecule has 0 radical (unpaired) electrons.